The molecule has 3 N–H and O–H groups in total. The molecule has 10 heteroatoms. The summed E-state index contributed by atoms with van der Waals surface area (Å²) in [6, 6.07) is 0. The second-order valence-electron chi connectivity index (χ2n) is 15.8. The minimum atomic E-state index is -4.78. The molecule has 0 fully saturated rings. The van der Waals surface area contributed by atoms with Gasteiger partial charge in [-0.15, -0.1) is 0 Å². The summed E-state index contributed by atoms with van der Waals surface area (Å²) in [4.78, 5) is 42.9. The third kappa shape index (κ3) is 43.3. The van der Waals surface area contributed by atoms with Crippen LogP contribution in [0.5, 0.6) is 0 Å². The van der Waals surface area contributed by atoms with Gasteiger partial charge in [0.2, 0.25) is 0 Å². The first kappa shape index (κ1) is 55.7. The van der Waals surface area contributed by atoms with Crippen LogP contribution in [0.4, 0.5) is 0 Å². The normalized spacial score (nSPS) is 14.1. The third-order valence-corrected chi connectivity index (χ3v) is 10.7. The lowest BCUT2D eigenvalue weighted by atomic mass is 9.99. The molecule has 0 aliphatic heterocycles. The van der Waals surface area contributed by atoms with Crippen molar-refractivity contribution in [1.82, 2.24) is 0 Å². The van der Waals surface area contributed by atoms with E-state index in [4.69, 9.17) is 19.3 Å². The summed E-state index contributed by atoms with van der Waals surface area (Å²) in [5.41, 5.74) is 0. The Hall–Kier alpha value is -2.29. The summed E-state index contributed by atoms with van der Waals surface area (Å²) in [6.07, 6.45) is 48.6. The summed E-state index contributed by atoms with van der Waals surface area (Å²) in [5.74, 6) is -0.0778. The molecule has 0 saturated carbocycles. The molecule has 0 spiro atoms. The summed E-state index contributed by atoms with van der Waals surface area (Å²) in [7, 11) is -4.78. The van der Waals surface area contributed by atoms with E-state index in [0.29, 0.717) is 25.7 Å². The Bertz CT molecular complexity index is 1160. The van der Waals surface area contributed by atoms with Gasteiger partial charge in [-0.3, -0.25) is 14.1 Å². The van der Waals surface area contributed by atoms with Crippen LogP contribution in [0.25, 0.3) is 0 Å². The van der Waals surface area contributed by atoms with Gasteiger partial charge in [0, 0.05) is 12.8 Å². The molecular weight excluding hydrogens is 751 g/mol. The first-order chi connectivity index (χ1) is 28.1. The van der Waals surface area contributed by atoms with E-state index in [1.807, 2.05) is 55.5 Å². The third-order valence-electron chi connectivity index (χ3n) is 10.2. The summed E-state index contributed by atoms with van der Waals surface area (Å²) in [5, 5.41) is 9.75. The molecule has 3 atom stereocenters. The minimum Gasteiger partial charge on any atom is -0.462 e. The number of ether oxygens (including phenoxy) is 2. The molecule has 0 amide bonds. The summed E-state index contributed by atoms with van der Waals surface area (Å²) in [6.45, 7) is 5.81. The quantitative estimate of drug-likeness (QED) is 0.0180. The van der Waals surface area contributed by atoms with Gasteiger partial charge in [-0.1, -0.05) is 204 Å². The number of rotatable bonds is 41. The number of esters is 2. The van der Waals surface area contributed by atoms with Crippen molar-refractivity contribution in [2.75, 3.05) is 13.2 Å². The molecular formula is C48H85O9P. The van der Waals surface area contributed by atoms with Crippen LogP contribution in [0.3, 0.4) is 0 Å². The van der Waals surface area contributed by atoms with Gasteiger partial charge in [0.1, 0.15) is 6.61 Å². The fourth-order valence-electron chi connectivity index (χ4n) is 6.35. The Morgan fingerprint density at radius 1 is 0.603 bits per heavy atom. The second kappa shape index (κ2) is 41.4. The first-order valence-corrected chi connectivity index (χ1v) is 24.6. The zero-order valence-corrected chi connectivity index (χ0v) is 37.9. The Morgan fingerprint density at radius 3 is 1.66 bits per heavy atom. The van der Waals surface area contributed by atoms with Gasteiger partial charge in [0.15, 0.2) is 6.10 Å². The fraction of sp³-hybridized carbons (Fsp3) is 0.750. The van der Waals surface area contributed by atoms with E-state index >= 15 is 0 Å². The molecule has 336 valence electrons. The van der Waals surface area contributed by atoms with Crippen molar-refractivity contribution in [3.63, 3.8) is 0 Å². The van der Waals surface area contributed by atoms with Crippen molar-refractivity contribution in [3.05, 3.63) is 60.8 Å². The van der Waals surface area contributed by atoms with Gasteiger partial charge >= 0.3 is 19.8 Å². The van der Waals surface area contributed by atoms with Crippen molar-refractivity contribution in [1.29, 1.82) is 0 Å². The summed E-state index contributed by atoms with van der Waals surface area (Å²) < 4.78 is 26.4. The van der Waals surface area contributed by atoms with Gasteiger partial charge in [0.25, 0.3) is 0 Å². The van der Waals surface area contributed by atoms with Crippen LogP contribution in [0.1, 0.15) is 201 Å². The molecule has 0 saturated heterocycles. The van der Waals surface area contributed by atoms with Crippen molar-refractivity contribution in [2.45, 2.75) is 213 Å². The monoisotopic (exact) mass is 837 g/mol. The minimum absolute atomic E-state index is 0.115. The topological polar surface area (TPSA) is 140 Å². The standard InChI is InChI=1S/C48H85O9P/c1-4-6-38-45(49)39-34-30-26-22-18-15-16-20-24-28-32-36-41-48(51)57-46(43-56-58(52,53)54)42-55-47(50)40-35-31-27-23-19-14-12-10-8-7-9-11-13-17-21-25-29-33-37-44(3)5-2/h6,15-16,22,24,26,28,30,34,38,44-46,49H,4-5,7-14,17-21,23,25,27,29,31-33,35-37,39-43H2,1-3H3,(H2,52,53,54)/b16-15-,26-22-,28-24-,34-30+,38-6-/t44?,45?,46-/m1/s1. The number of carbonyl (C=O) groups is 2. The van der Waals surface area contributed by atoms with Crippen LogP contribution >= 0.6 is 7.82 Å². The highest BCUT2D eigenvalue weighted by Gasteiger charge is 2.22. The highest BCUT2D eigenvalue weighted by molar-refractivity contribution is 7.46. The molecule has 0 aromatic carbocycles. The molecule has 0 radical (unpaired) electrons. The molecule has 9 nitrogen and oxygen atoms in total. The average Bonchev–Trinajstić information content (AvgIpc) is 3.19. The smallest absolute Gasteiger partial charge is 0.462 e. The van der Waals surface area contributed by atoms with Crippen LogP contribution in [0.2, 0.25) is 0 Å². The Labute approximate surface area is 354 Å². The highest BCUT2D eigenvalue weighted by atomic mass is 31.2. The predicted octanol–water partition coefficient (Wildman–Crippen LogP) is 13.3. The van der Waals surface area contributed by atoms with E-state index in [1.54, 1.807) is 0 Å². The maximum Gasteiger partial charge on any atom is 0.469 e. The van der Waals surface area contributed by atoms with Crippen molar-refractivity contribution >= 4 is 19.8 Å². The number of carbonyl (C=O) groups excluding carboxylic acids is 2. The number of aliphatic hydroxyl groups is 1. The number of hydrogen-bond donors (Lipinski definition) is 3. The lowest BCUT2D eigenvalue weighted by Gasteiger charge is -2.18. The molecule has 0 heterocycles. The molecule has 2 unspecified atom stereocenters. The number of phosphoric ester groups is 1. The van der Waals surface area contributed by atoms with E-state index in [0.717, 1.165) is 38.0 Å². The van der Waals surface area contributed by atoms with Gasteiger partial charge < -0.3 is 24.4 Å². The van der Waals surface area contributed by atoms with Crippen LogP contribution < -0.4 is 0 Å². The summed E-state index contributed by atoms with van der Waals surface area (Å²) >= 11 is 0. The predicted molar refractivity (Wildman–Crippen MR) is 240 cm³/mol. The zero-order chi connectivity index (χ0) is 42.8. The second-order valence-corrected chi connectivity index (χ2v) is 17.0. The lowest BCUT2D eigenvalue weighted by Crippen LogP contribution is -2.29. The average molecular weight is 837 g/mol. The number of allylic oxidation sites excluding steroid dienone is 8. The van der Waals surface area contributed by atoms with E-state index in [1.165, 1.54) is 109 Å². The molecule has 0 aromatic heterocycles. The SMILES string of the molecule is CC/C=C\C(O)C/C=C/C=C\C/C=C\C/C=C\CCCC(=O)O[C@H](COC(=O)CCCCCCCCCCCCCCCCCCCCC(C)CC)COP(=O)(O)O. The number of unbranched alkanes of at least 4 members (excludes halogenated alkanes) is 18. The van der Waals surface area contributed by atoms with Crippen LogP contribution in [-0.4, -0.2) is 52.3 Å². The molecule has 0 bridgehead atoms. The fourth-order valence-corrected chi connectivity index (χ4v) is 6.71. The lowest BCUT2D eigenvalue weighted by molar-refractivity contribution is -0.161. The molecule has 0 aliphatic carbocycles. The van der Waals surface area contributed by atoms with E-state index in [2.05, 4.69) is 30.5 Å². The molecule has 0 rings (SSSR count). The Balaban J connectivity index is 3.95. The Morgan fingerprint density at radius 2 is 1.10 bits per heavy atom. The van der Waals surface area contributed by atoms with Gasteiger partial charge in [-0.2, -0.15) is 0 Å². The van der Waals surface area contributed by atoms with Crippen LogP contribution in [0.15, 0.2) is 60.8 Å². The maximum absolute atomic E-state index is 12.4. The molecule has 58 heavy (non-hydrogen) atoms. The molecule has 0 aromatic rings. The van der Waals surface area contributed by atoms with Crippen molar-refractivity contribution < 1.29 is 43.0 Å². The van der Waals surface area contributed by atoms with Crippen LogP contribution in [0, 0.1) is 5.92 Å². The van der Waals surface area contributed by atoms with Crippen molar-refractivity contribution in [3.8, 4) is 0 Å². The van der Waals surface area contributed by atoms with E-state index < -0.39 is 38.6 Å². The highest BCUT2D eigenvalue weighted by Crippen LogP contribution is 2.36. The van der Waals surface area contributed by atoms with E-state index in [-0.39, 0.29) is 19.4 Å². The Kier molecular flexibility index (Phi) is 39.8. The van der Waals surface area contributed by atoms with Crippen LogP contribution in [-0.2, 0) is 28.2 Å². The van der Waals surface area contributed by atoms with E-state index in [9.17, 15) is 19.3 Å². The number of phosphoric acid groups is 1. The first-order valence-electron chi connectivity index (χ1n) is 23.1. The van der Waals surface area contributed by atoms with Gasteiger partial charge in [-0.05, 0) is 50.9 Å². The van der Waals surface area contributed by atoms with Crippen molar-refractivity contribution in [2.24, 2.45) is 5.92 Å². The zero-order valence-electron chi connectivity index (χ0n) is 37.0. The number of hydrogen-bond acceptors (Lipinski definition) is 7. The van der Waals surface area contributed by atoms with Gasteiger partial charge in [0.05, 0.1) is 12.7 Å². The number of aliphatic hydroxyl groups excluding tert-OH is 1. The maximum atomic E-state index is 12.4. The molecule has 0 aliphatic rings. The van der Waals surface area contributed by atoms with Gasteiger partial charge in [-0.25, -0.2) is 4.57 Å². The largest absolute Gasteiger partial charge is 0.469 e.